The molecule has 0 aliphatic rings. The van der Waals surface area contributed by atoms with Crippen molar-refractivity contribution in [2.24, 2.45) is 10.2 Å². The van der Waals surface area contributed by atoms with Gasteiger partial charge in [-0.15, -0.1) is 16.5 Å². The van der Waals surface area contributed by atoms with E-state index in [0.717, 1.165) is 10.8 Å². The summed E-state index contributed by atoms with van der Waals surface area (Å²) in [5.41, 5.74) is 1.00. The maximum absolute atomic E-state index is 4.06. The molecule has 9 heavy (non-hydrogen) atoms. The number of azo groups is 1. The Balaban J connectivity index is 2.85. The summed E-state index contributed by atoms with van der Waals surface area (Å²) in [5.74, 6) is 0. The third-order valence-electron chi connectivity index (χ3n) is 0.792. The topological polar surface area (TPSA) is 37.6 Å². The van der Waals surface area contributed by atoms with Crippen LogP contribution in [-0.4, -0.2) is 12.0 Å². The molecule has 0 aliphatic heterocycles. The molecule has 0 saturated heterocycles. The van der Waals surface area contributed by atoms with Crippen LogP contribution in [0.2, 0.25) is 0 Å². The molecule has 0 unspecified atom stereocenters. The number of thiazole rings is 1. The molecule has 0 atom stereocenters. The van der Waals surface area contributed by atoms with Crippen molar-refractivity contribution in [3.05, 3.63) is 11.1 Å². The summed E-state index contributed by atoms with van der Waals surface area (Å²) in [6, 6.07) is 0. The smallest absolute Gasteiger partial charge is 0.222 e. The lowest BCUT2D eigenvalue weighted by molar-refractivity contribution is 1.13. The highest BCUT2D eigenvalue weighted by molar-refractivity contribution is 7.13. The summed E-state index contributed by atoms with van der Waals surface area (Å²) < 4.78 is 0. The molecule has 0 aliphatic carbocycles. The molecule has 0 saturated carbocycles. The number of aromatic nitrogens is 1. The van der Waals surface area contributed by atoms with E-state index in [9.17, 15) is 0 Å². The maximum atomic E-state index is 4.06. The normalized spacial score (nSPS) is 10.9. The highest BCUT2D eigenvalue weighted by Gasteiger charge is 1.92. The molecule has 0 amide bonds. The van der Waals surface area contributed by atoms with Crippen LogP contribution in [-0.2, 0) is 0 Å². The van der Waals surface area contributed by atoms with E-state index >= 15 is 0 Å². The van der Waals surface area contributed by atoms with Crippen molar-refractivity contribution in [3.8, 4) is 0 Å². The third-order valence-corrected chi connectivity index (χ3v) is 1.64. The predicted octanol–water partition coefficient (Wildman–Crippen LogP) is 2.17. The Hall–Kier alpha value is -0.770. The largest absolute Gasteiger partial charge is 0.229 e. The SMILES string of the molecule is CN=Nc1nc(C)cs1. The molecule has 1 rings (SSSR count). The van der Waals surface area contributed by atoms with Crippen molar-refractivity contribution in [2.45, 2.75) is 6.92 Å². The summed E-state index contributed by atoms with van der Waals surface area (Å²) in [4.78, 5) is 4.06. The molecule has 0 aromatic carbocycles. The van der Waals surface area contributed by atoms with E-state index in [2.05, 4.69) is 15.2 Å². The molecule has 1 aromatic heterocycles. The van der Waals surface area contributed by atoms with E-state index in [1.165, 1.54) is 11.3 Å². The van der Waals surface area contributed by atoms with Gasteiger partial charge >= 0.3 is 0 Å². The van der Waals surface area contributed by atoms with Crippen LogP contribution < -0.4 is 0 Å². The lowest BCUT2D eigenvalue weighted by Gasteiger charge is -1.75. The third kappa shape index (κ3) is 1.57. The molecule has 48 valence electrons. The van der Waals surface area contributed by atoms with Gasteiger partial charge < -0.3 is 0 Å². The van der Waals surface area contributed by atoms with Gasteiger partial charge in [0.2, 0.25) is 5.13 Å². The van der Waals surface area contributed by atoms with E-state index in [4.69, 9.17) is 0 Å². The van der Waals surface area contributed by atoms with Crippen LogP contribution in [0.4, 0.5) is 5.13 Å². The first-order valence-electron chi connectivity index (χ1n) is 2.55. The van der Waals surface area contributed by atoms with Gasteiger partial charge in [0.25, 0.3) is 0 Å². The van der Waals surface area contributed by atoms with Gasteiger partial charge in [-0.25, -0.2) is 4.98 Å². The fourth-order valence-corrected chi connectivity index (χ4v) is 1.13. The van der Waals surface area contributed by atoms with Crippen LogP contribution in [0.1, 0.15) is 5.69 Å². The van der Waals surface area contributed by atoms with Gasteiger partial charge in [0, 0.05) is 12.4 Å². The van der Waals surface area contributed by atoms with Crippen LogP contribution in [0.25, 0.3) is 0 Å². The number of aryl methyl sites for hydroxylation is 1. The molecule has 0 N–H and O–H groups in total. The van der Waals surface area contributed by atoms with E-state index in [0.29, 0.717) is 0 Å². The second-order valence-corrected chi connectivity index (χ2v) is 2.41. The Morgan fingerprint density at radius 2 is 2.44 bits per heavy atom. The minimum atomic E-state index is 0.731. The van der Waals surface area contributed by atoms with Gasteiger partial charge in [-0.1, -0.05) is 0 Å². The summed E-state index contributed by atoms with van der Waals surface area (Å²) in [6.07, 6.45) is 0. The molecule has 3 nitrogen and oxygen atoms in total. The van der Waals surface area contributed by atoms with Gasteiger partial charge in [-0.05, 0) is 6.92 Å². The molecule has 1 heterocycles. The summed E-state index contributed by atoms with van der Waals surface area (Å²) in [7, 11) is 1.64. The van der Waals surface area contributed by atoms with Crippen molar-refractivity contribution in [3.63, 3.8) is 0 Å². The Morgan fingerprint density at radius 3 is 2.89 bits per heavy atom. The second kappa shape index (κ2) is 2.68. The average Bonchev–Trinajstić information content (AvgIpc) is 2.17. The lowest BCUT2D eigenvalue weighted by Crippen LogP contribution is -1.63. The standard InChI is InChI=1S/C5H7N3S/c1-4-3-9-5(7-4)8-6-2/h3H,1-2H3. The van der Waals surface area contributed by atoms with Crippen molar-refractivity contribution >= 4 is 16.5 Å². The molecular formula is C5H7N3S. The molecule has 0 fully saturated rings. The number of nitrogens with zero attached hydrogens (tertiary/aromatic N) is 3. The van der Waals surface area contributed by atoms with Crippen LogP contribution in [0.3, 0.4) is 0 Å². The first-order chi connectivity index (χ1) is 4.33. The van der Waals surface area contributed by atoms with E-state index in [-0.39, 0.29) is 0 Å². The van der Waals surface area contributed by atoms with E-state index in [1.54, 1.807) is 7.05 Å². The molecular weight excluding hydrogens is 134 g/mol. The molecule has 1 aromatic rings. The minimum absolute atomic E-state index is 0.731. The Kier molecular flexibility index (Phi) is 1.89. The van der Waals surface area contributed by atoms with Crippen LogP contribution >= 0.6 is 11.3 Å². The second-order valence-electron chi connectivity index (χ2n) is 1.57. The predicted molar refractivity (Wildman–Crippen MR) is 37.3 cm³/mol. The van der Waals surface area contributed by atoms with Gasteiger partial charge in [0.15, 0.2) is 0 Å². The quantitative estimate of drug-likeness (QED) is 0.552. The summed E-state index contributed by atoms with van der Waals surface area (Å²) in [5, 5.41) is 10.0. The van der Waals surface area contributed by atoms with Crippen molar-refractivity contribution in [2.75, 3.05) is 7.05 Å². The number of hydrogen-bond acceptors (Lipinski definition) is 4. The summed E-state index contributed by atoms with van der Waals surface area (Å²) in [6.45, 7) is 1.94. The molecule has 0 radical (unpaired) electrons. The zero-order valence-electron chi connectivity index (χ0n) is 5.33. The van der Waals surface area contributed by atoms with Crippen molar-refractivity contribution in [1.29, 1.82) is 0 Å². The minimum Gasteiger partial charge on any atom is -0.222 e. The van der Waals surface area contributed by atoms with Crippen LogP contribution in [0.15, 0.2) is 15.6 Å². The Labute approximate surface area is 57.5 Å². The number of hydrogen-bond donors (Lipinski definition) is 0. The maximum Gasteiger partial charge on any atom is 0.229 e. The number of rotatable bonds is 1. The average molecular weight is 141 g/mol. The van der Waals surface area contributed by atoms with Crippen molar-refractivity contribution < 1.29 is 0 Å². The fraction of sp³-hybridized carbons (Fsp3) is 0.400. The zero-order chi connectivity index (χ0) is 6.69. The van der Waals surface area contributed by atoms with E-state index in [1.807, 2.05) is 12.3 Å². The Bertz CT molecular complexity index is 216. The van der Waals surface area contributed by atoms with Gasteiger partial charge in [0.1, 0.15) is 0 Å². The molecule has 0 spiro atoms. The van der Waals surface area contributed by atoms with Gasteiger partial charge in [-0.2, -0.15) is 5.11 Å². The highest BCUT2D eigenvalue weighted by atomic mass is 32.1. The highest BCUT2D eigenvalue weighted by Crippen LogP contribution is 2.17. The Morgan fingerprint density at radius 1 is 1.67 bits per heavy atom. The summed E-state index contributed by atoms with van der Waals surface area (Å²) >= 11 is 1.50. The lowest BCUT2D eigenvalue weighted by atomic mass is 10.6. The monoisotopic (exact) mass is 141 g/mol. The molecule has 0 bridgehead atoms. The first kappa shape index (κ1) is 6.35. The van der Waals surface area contributed by atoms with Crippen LogP contribution in [0.5, 0.6) is 0 Å². The van der Waals surface area contributed by atoms with Crippen molar-refractivity contribution in [1.82, 2.24) is 4.98 Å². The molecule has 4 heteroatoms. The fourth-order valence-electron chi connectivity index (χ4n) is 0.473. The first-order valence-corrected chi connectivity index (χ1v) is 3.43. The van der Waals surface area contributed by atoms with Gasteiger partial charge in [-0.3, -0.25) is 0 Å². The zero-order valence-corrected chi connectivity index (χ0v) is 6.14. The van der Waals surface area contributed by atoms with Crippen LogP contribution in [0, 0.1) is 6.92 Å². The van der Waals surface area contributed by atoms with Gasteiger partial charge in [0.05, 0.1) is 5.69 Å². The van der Waals surface area contributed by atoms with E-state index < -0.39 is 0 Å².